The van der Waals surface area contributed by atoms with Crippen molar-refractivity contribution < 1.29 is 39.2 Å². The molecule has 5 N–H and O–H groups in total. The number of methoxy groups -OCH3 is 1. The van der Waals surface area contributed by atoms with Crippen LogP contribution in [0.4, 0.5) is 0 Å². The number of unbranched alkanes of at least 4 members (excludes halogenated alkanes) is 10. The van der Waals surface area contributed by atoms with Gasteiger partial charge < -0.3 is 35.4 Å². The molecule has 0 unspecified atom stereocenters. The molecule has 0 aliphatic rings. The normalized spacial score (nSPS) is 15.6. The lowest BCUT2D eigenvalue weighted by Crippen LogP contribution is -2.55. The van der Waals surface area contributed by atoms with Crippen molar-refractivity contribution in [3.05, 3.63) is 12.2 Å². The zero-order valence-corrected chi connectivity index (χ0v) is 26.3. The molecule has 0 aromatic carbocycles. The second-order valence-corrected chi connectivity index (χ2v) is 11.9. The molecular weight excluding hydrogens is 528 g/mol. The fraction of sp³-hybridized carbons (Fsp3) is 0.839. The molecular formula is C31H58N2O8. The first-order valence-corrected chi connectivity index (χ1v) is 15.3. The number of amides is 2. The molecule has 240 valence electrons. The summed E-state index contributed by atoms with van der Waals surface area (Å²) >= 11 is 0. The van der Waals surface area contributed by atoms with Gasteiger partial charge in [0, 0.05) is 13.5 Å². The fourth-order valence-electron chi connectivity index (χ4n) is 4.14. The molecule has 0 spiro atoms. The van der Waals surface area contributed by atoms with E-state index in [1.807, 2.05) is 20.8 Å². The molecule has 0 saturated carbocycles. The maximum Gasteiger partial charge on any atom is 0.305 e. The first kappa shape index (κ1) is 39.0. The van der Waals surface area contributed by atoms with Gasteiger partial charge in [0.2, 0.25) is 5.91 Å². The number of rotatable bonds is 23. The van der Waals surface area contributed by atoms with E-state index in [1.165, 1.54) is 71.5 Å². The van der Waals surface area contributed by atoms with Crippen LogP contribution in [0.5, 0.6) is 0 Å². The van der Waals surface area contributed by atoms with E-state index in [-0.39, 0.29) is 24.5 Å². The summed E-state index contributed by atoms with van der Waals surface area (Å²) in [6.07, 6.45) is 10.2. The van der Waals surface area contributed by atoms with Crippen molar-refractivity contribution in [2.75, 3.05) is 20.3 Å². The van der Waals surface area contributed by atoms with Crippen LogP contribution in [0.1, 0.15) is 112 Å². The van der Waals surface area contributed by atoms with Gasteiger partial charge in [0.25, 0.3) is 5.91 Å². The number of ether oxygens (including phenoxy) is 2. The maximum atomic E-state index is 12.6. The Hall–Kier alpha value is -2.01. The Morgan fingerprint density at radius 2 is 1.37 bits per heavy atom. The van der Waals surface area contributed by atoms with Crippen LogP contribution in [0.3, 0.4) is 0 Å². The maximum absolute atomic E-state index is 12.6. The van der Waals surface area contributed by atoms with Gasteiger partial charge in [-0.25, -0.2) is 0 Å². The number of esters is 1. The molecule has 5 atom stereocenters. The minimum atomic E-state index is -1.74. The zero-order valence-electron chi connectivity index (χ0n) is 26.3. The fourth-order valence-corrected chi connectivity index (χ4v) is 4.14. The molecule has 0 saturated heterocycles. The summed E-state index contributed by atoms with van der Waals surface area (Å²) in [7, 11) is 1.17. The number of aliphatic hydroxyl groups excluding tert-OH is 3. The molecule has 0 aliphatic heterocycles. The van der Waals surface area contributed by atoms with Crippen molar-refractivity contribution in [3.8, 4) is 0 Å². The van der Waals surface area contributed by atoms with Gasteiger partial charge in [-0.3, -0.25) is 14.4 Å². The minimum absolute atomic E-state index is 0.0227. The van der Waals surface area contributed by atoms with Crippen molar-refractivity contribution in [2.24, 2.45) is 5.41 Å². The summed E-state index contributed by atoms with van der Waals surface area (Å²) in [4.78, 5) is 36.8. The average molecular weight is 587 g/mol. The smallest absolute Gasteiger partial charge is 0.305 e. The van der Waals surface area contributed by atoms with Gasteiger partial charge in [0.05, 0.1) is 6.54 Å². The molecule has 0 aromatic rings. The largest absolute Gasteiger partial charge is 0.464 e. The summed E-state index contributed by atoms with van der Waals surface area (Å²) in [6.45, 7) is 9.49. The van der Waals surface area contributed by atoms with Crippen molar-refractivity contribution in [1.82, 2.24) is 10.6 Å². The highest BCUT2D eigenvalue weighted by Gasteiger charge is 2.36. The predicted molar refractivity (Wildman–Crippen MR) is 160 cm³/mol. The van der Waals surface area contributed by atoms with Gasteiger partial charge in [-0.1, -0.05) is 104 Å². The van der Waals surface area contributed by atoms with Crippen molar-refractivity contribution in [1.29, 1.82) is 0 Å². The van der Waals surface area contributed by atoms with Crippen molar-refractivity contribution >= 4 is 17.8 Å². The van der Waals surface area contributed by atoms with E-state index < -0.39 is 42.3 Å². The molecule has 0 radical (unpaired) electrons. The first-order valence-electron chi connectivity index (χ1n) is 15.3. The third-order valence-electron chi connectivity index (χ3n) is 6.72. The Labute approximate surface area is 247 Å². The first-order chi connectivity index (χ1) is 19.3. The molecule has 0 heterocycles. The van der Waals surface area contributed by atoms with Gasteiger partial charge in [-0.15, -0.1) is 0 Å². The van der Waals surface area contributed by atoms with Crippen LogP contribution in [0.15, 0.2) is 12.2 Å². The van der Waals surface area contributed by atoms with Crippen LogP contribution >= 0.6 is 0 Å². The lowest BCUT2D eigenvalue weighted by molar-refractivity contribution is -0.150. The van der Waals surface area contributed by atoms with Gasteiger partial charge in [0.15, 0.2) is 6.10 Å². The Bertz CT molecular complexity index is 753. The van der Waals surface area contributed by atoms with Crippen LogP contribution < -0.4 is 10.6 Å². The predicted octanol–water partition coefficient (Wildman–Crippen LogP) is 3.55. The number of hydrogen-bond donors (Lipinski definition) is 5. The summed E-state index contributed by atoms with van der Waals surface area (Å²) < 4.78 is 10.2. The van der Waals surface area contributed by atoms with Crippen molar-refractivity contribution in [2.45, 2.75) is 142 Å². The highest BCUT2D eigenvalue weighted by Crippen LogP contribution is 2.17. The highest BCUT2D eigenvalue weighted by atomic mass is 16.5. The molecule has 0 aliphatic carbocycles. The number of hydrogen-bond acceptors (Lipinski definition) is 8. The second-order valence-electron chi connectivity index (χ2n) is 11.9. The molecule has 0 bridgehead atoms. The number of nitrogens with one attached hydrogen (secondary N) is 2. The SMILES string of the molecule is CCCCCCCCCCCCCC(=O)OCCNC(=O)[C@H](C)NC(=O)[C@H](OC)[C@H](O)[C@@H](O)[C@H](O)/C=C/C(C)(C)C. The number of aliphatic hydroxyl groups is 3. The van der Waals surface area contributed by atoms with E-state index in [1.54, 1.807) is 6.08 Å². The van der Waals surface area contributed by atoms with Crippen molar-refractivity contribution in [3.63, 3.8) is 0 Å². The summed E-state index contributed by atoms with van der Waals surface area (Å²) in [5.41, 5.74) is -0.253. The number of allylic oxidation sites excluding steroid dienone is 1. The van der Waals surface area contributed by atoms with Crippen LogP contribution in [0.2, 0.25) is 0 Å². The summed E-state index contributed by atoms with van der Waals surface area (Å²) in [5.74, 6) is -1.64. The van der Waals surface area contributed by atoms with Crippen LogP contribution in [0, 0.1) is 5.41 Å². The molecule has 0 rings (SSSR count). The van der Waals surface area contributed by atoms with E-state index in [4.69, 9.17) is 9.47 Å². The van der Waals surface area contributed by atoms with Crippen LogP contribution in [-0.4, -0.2) is 83.8 Å². The lowest BCUT2D eigenvalue weighted by Gasteiger charge is -2.28. The summed E-state index contributed by atoms with van der Waals surface area (Å²) in [5, 5.41) is 35.8. The van der Waals surface area contributed by atoms with E-state index in [9.17, 15) is 29.7 Å². The summed E-state index contributed by atoms with van der Waals surface area (Å²) in [6, 6.07) is -0.984. The quantitative estimate of drug-likeness (QED) is 0.0692. The minimum Gasteiger partial charge on any atom is -0.464 e. The molecule has 0 fully saturated rings. The lowest BCUT2D eigenvalue weighted by atomic mass is 9.94. The Morgan fingerprint density at radius 3 is 1.88 bits per heavy atom. The van der Waals surface area contributed by atoms with Gasteiger partial charge >= 0.3 is 5.97 Å². The number of carbonyl (C=O) groups excluding carboxylic acids is 3. The Balaban J connectivity index is 4.19. The van der Waals surface area contributed by atoms with E-state index in [0.29, 0.717) is 6.42 Å². The van der Waals surface area contributed by atoms with E-state index in [0.717, 1.165) is 19.3 Å². The topological polar surface area (TPSA) is 154 Å². The molecule has 0 aromatic heterocycles. The van der Waals surface area contributed by atoms with E-state index in [2.05, 4.69) is 17.6 Å². The third kappa shape index (κ3) is 19.7. The molecule has 10 heteroatoms. The monoisotopic (exact) mass is 586 g/mol. The third-order valence-corrected chi connectivity index (χ3v) is 6.72. The highest BCUT2D eigenvalue weighted by molar-refractivity contribution is 5.89. The standard InChI is InChI=1S/C31H58N2O8/c1-7-8-9-10-11-12-13-14-15-16-17-18-25(35)41-22-21-32-29(38)23(2)33-30(39)28(40-6)27(37)26(36)24(34)19-20-31(3,4)5/h19-20,23-24,26-28,34,36-37H,7-18,21-22H2,1-6H3,(H,32,38)(H,33,39)/b20-19+/t23-,24+,26-,27+,28+/m0/s1. The molecule has 10 nitrogen and oxygen atoms in total. The van der Waals surface area contributed by atoms with Gasteiger partial charge in [-0.2, -0.15) is 0 Å². The Morgan fingerprint density at radius 1 is 0.829 bits per heavy atom. The average Bonchev–Trinajstić information content (AvgIpc) is 2.91. The van der Waals surface area contributed by atoms with Crippen LogP contribution in [0.25, 0.3) is 0 Å². The van der Waals surface area contributed by atoms with E-state index >= 15 is 0 Å². The second kappa shape index (κ2) is 22.6. The van der Waals surface area contributed by atoms with Crippen LogP contribution in [-0.2, 0) is 23.9 Å². The molecule has 41 heavy (non-hydrogen) atoms. The Kier molecular flexibility index (Phi) is 21.5. The number of carbonyl (C=O) groups is 3. The molecule has 2 amide bonds. The van der Waals surface area contributed by atoms with Gasteiger partial charge in [0.1, 0.15) is 31.0 Å². The zero-order chi connectivity index (χ0) is 31.3. The van der Waals surface area contributed by atoms with Gasteiger partial charge in [-0.05, 0) is 18.8 Å².